The first-order valence-electron chi connectivity index (χ1n) is 36.2. The van der Waals surface area contributed by atoms with Gasteiger partial charge in [0.25, 0.3) is 0 Å². The second-order valence-corrected chi connectivity index (χ2v) is 26.3. The minimum Gasteiger partial charge on any atom is -0.462 e. The van der Waals surface area contributed by atoms with Crippen molar-refractivity contribution in [2.75, 3.05) is 47.5 Å². The quantitative estimate of drug-likeness (QED) is 0.0211. The van der Waals surface area contributed by atoms with Crippen molar-refractivity contribution < 1.29 is 42.1 Å². The Hall–Kier alpha value is -4.37. The highest BCUT2D eigenvalue weighted by molar-refractivity contribution is 7.47. The fourth-order valence-corrected chi connectivity index (χ4v) is 10.3. The highest BCUT2D eigenvalue weighted by atomic mass is 31.2. The molecule has 10 heteroatoms. The standard InChI is InChI=1S/C80H134NO8P/c1-6-8-10-12-14-16-18-20-22-24-26-28-30-32-34-36-38-39-40-41-43-45-47-49-51-53-55-57-59-61-63-65-67-69-71-73-80(83)89-78(77-88-90(84,85)87-75-74-81(3,4)5)76-86-79(82)72-70-68-66-64-62-60-58-56-54-52-50-48-46-44-42-37-35-33-31-29-27-25-23-21-19-17-15-13-11-9-7-2/h8-11,14-17,20-23,26-29,32-35,38-39,41-44,78H,6-7,12-13,18-19,24-25,30-31,36-37,40,45-77H2,1-5H3/p+1/b10-8-,11-9-,16-14-,17-15-,22-20-,23-21-,28-26-,29-27-,34-32-,35-33-,39-38-,43-41-,44-42-. The van der Waals surface area contributed by atoms with Crippen LogP contribution < -0.4 is 0 Å². The summed E-state index contributed by atoms with van der Waals surface area (Å²) in [5.41, 5.74) is 0. The molecule has 0 aliphatic heterocycles. The van der Waals surface area contributed by atoms with Crippen LogP contribution in [0.25, 0.3) is 0 Å². The van der Waals surface area contributed by atoms with E-state index in [1.165, 1.54) is 128 Å². The number of unbranched alkanes of at least 4 members (excludes halogenated alkanes) is 25. The molecule has 512 valence electrons. The molecule has 2 atom stereocenters. The van der Waals surface area contributed by atoms with Crippen molar-refractivity contribution in [2.45, 2.75) is 290 Å². The smallest absolute Gasteiger partial charge is 0.462 e. The van der Waals surface area contributed by atoms with Crippen LogP contribution in [0.3, 0.4) is 0 Å². The lowest BCUT2D eigenvalue weighted by Gasteiger charge is -2.24. The molecule has 0 saturated carbocycles. The van der Waals surface area contributed by atoms with Gasteiger partial charge in [-0.05, 0) is 122 Å². The summed E-state index contributed by atoms with van der Waals surface area (Å²) < 4.78 is 34.8. The van der Waals surface area contributed by atoms with Gasteiger partial charge in [0.2, 0.25) is 0 Å². The van der Waals surface area contributed by atoms with Gasteiger partial charge in [0.15, 0.2) is 6.10 Å². The summed E-state index contributed by atoms with van der Waals surface area (Å²) in [6.45, 7) is 4.21. The Morgan fingerprint density at radius 2 is 0.600 bits per heavy atom. The Labute approximate surface area is 554 Å². The van der Waals surface area contributed by atoms with Crippen molar-refractivity contribution in [3.8, 4) is 0 Å². The number of hydrogen-bond acceptors (Lipinski definition) is 7. The fraction of sp³-hybridized carbons (Fsp3) is 0.650. The second-order valence-electron chi connectivity index (χ2n) is 24.9. The van der Waals surface area contributed by atoms with E-state index < -0.39 is 26.5 Å². The first kappa shape index (κ1) is 85.6. The van der Waals surface area contributed by atoms with Gasteiger partial charge in [0.05, 0.1) is 27.7 Å². The van der Waals surface area contributed by atoms with E-state index in [1.54, 1.807) is 0 Å². The zero-order valence-corrected chi connectivity index (χ0v) is 59.2. The number of esters is 2. The lowest BCUT2D eigenvalue weighted by Crippen LogP contribution is -2.37. The van der Waals surface area contributed by atoms with Crippen LogP contribution in [0.2, 0.25) is 0 Å². The third-order valence-electron chi connectivity index (χ3n) is 15.1. The number of phosphoric acid groups is 1. The number of rotatable bonds is 65. The van der Waals surface area contributed by atoms with Crippen molar-refractivity contribution >= 4 is 19.8 Å². The number of phosphoric ester groups is 1. The second kappa shape index (κ2) is 69.0. The van der Waals surface area contributed by atoms with Gasteiger partial charge in [0.1, 0.15) is 19.8 Å². The van der Waals surface area contributed by atoms with E-state index in [4.69, 9.17) is 18.5 Å². The van der Waals surface area contributed by atoms with E-state index in [0.717, 1.165) is 122 Å². The zero-order valence-electron chi connectivity index (χ0n) is 58.3. The molecule has 90 heavy (non-hydrogen) atoms. The van der Waals surface area contributed by atoms with E-state index in [2.05, 4.69) is 172 Å². The Morgan fingerprint density at radius 3 is 0.889 bits per heavy atom. The molecule has 0 radical (unpaired) electrons. The van der Waals surface area contributed by atoms with E-state index >= 15 is 0 Å². The van der Waals surface area contributed by atoms with Gasteiger partial charge >= 0.3 is 19.8 Å². The van der Waals surface area contributed by atoms with Crippen LogP contribution in [0, 0.1) is 0 Å². The normalized spacial score (nSPS) is 14.1. The van der Waals surface area contributed by atoms with Crippen molar-refractivity contribution in [1.82, 2.24) is 0 Å². The summed E-state index contributed by atoms with van der Waals surface area (Å²) in [5, 5.41) is 0. The van der Waals surface area contributed by atoms with Crippen molar-refractivity contribution in [1.29, 1.82) is 0 Å². The van der Waals surface area contributed by atoms with Crippen LogP contribution in [0.5, 0.6) is 0 Å². The Morgan fingerprint density at radius 1 is 0.344 bits per heavy atom. The lowest BCUT2D eigenvalue weighted by molar-refractivity contribution is -0.870. The molecule has 0 aromatic heterocycles. The minimum absolute atomic E-state index is 0.0246. The van der Waals surface area contributed by atoms with Gasteiger partial charge in [-0.1, -0.05) is 307 Å². The summed E-state index contributed by atoms with van der Waals surface area (Å²) in [6.07, 6.45) is 103. The van der Waals surface area contributed by atoms with Crippen molar-refractivity contribution in [3.63, 3.8) is 0 Å². The lowest BCUT2D eigenvalue weighted by atomic mass is 10.0. The minimum atomic E-state index is -4.40. The van der Waals surface area contributed by atoms with Crippen LogP contribution in [0.15, 0.2) is 158 Å². The van der Waals surface area contributed by atoms with Gasteiger partial charge in [-0.2, -0.15) is 0 Å². The summed E-state index contributed by atoms with van der Waals surface area (Å²) in [5.74, 6) is -0.803. The average molecular weight is 1270 g/mol. The molecule has 0 aliphatic carbocycles. The van der Waals surface area contributed by atoms with Crippen molar-refractivity contribution in [2.24, 2.45) is 0 Å². The largest absolute Gasteiger partial charge is 0.472 e. The number of quaternary nitrogens is 1. The predicted octanol–water partition coefficient (Wildman–Crippen LogP) is 23.9. The number of carbonyl (C=O) groups excluding carboxylic acids is 2. The zero-order chi connectivity index (χ0) is 65.5. The Kier molecular flexibility index (Phi) is 65.6. The molecule has 0 fully saturated rings. The van der Waals surface area contributed by atoms with E-state index in [9.17, 15) is 19.0 Å². The van der Waals surface area contributed by atoms with E-state index in [0.29, 0.717) is 17.4 Å². The molecule has 0 bridgehead atoms. The fourth-order valence-electron chi connectivity index (χ4n) is 9.59. The van der Waals surface area contributed by atoms with Crippen LogP contribution in [0.1, 0.15) is 284 Å². The van der Waals surface area contributed by atoms with Gasteiger partial charge in [-0.3, -0.25) is 18.6 Å². The molecule has 0 aliphatic rings. The topological polar surface area (TPSA) is 108 Å². The Bertz CT molecular complexity index is 2080. The molecule has 0 heterocycles. The van der Waals surface area contributed by atoms with Gasteiger partial charge in [-0.15, -0.1) is 0 Å². The summed E-state index contributed by atoms with van der Waals surface area (Å²) in [6, 6.07) is 0. The highest BCUT2D eigenvalue weighted by Crippen LogP contribution is 2.43. The maximum absolute atomic E-state index is 12.9. The number of allylic oxidation sites excluding steroid dienone is 26. The molecule has 0 amide bonds. The number of ether oxygens (including phenoxy) is 2. The van der Waals surface area contributed by atoms with Crippen LogP contribution in [-0.4, -0.2) is 74.9 Å². The summed E-state index contributed by atoms with van der Waals surface area (Å²) >= 11 is 0. The maximum atomic E-state index is 12.9. The number of likely N-dealkylation sites (N-methyl/N-ethyl adjacent to an activating group) is 1. The average Bonchev–Trinajstić information content (AvgIpc) is 3.61. The highest BCUT2D eigenvalue weighted by Gasteiger charge is 2.27. The van der Waals surface area contributed by atoms with Gasteiger partial charge < -0.3 is 18.9 Å². The monoisotopic (exact) mass is 1270 g/mol. The molecule has 9 nitrogen and oxygen atoms in total. The molecule has 0 aromatic rings. The Balaban J connectivity index is 4.08. The molecule has 0 aromatic carbocycles. The molecular formula is C80H135NO8P+. The van der Waals surface area contributed by atoms with Gasteiger partial charge in [0, 0.05) is 12.8 Å². The molecule has 0 saturated heterocycles. The number of carbonyl (C=O) groups is 2. The van der Waals surface area contributed by atoms with Crippen LogP contribution >= 0.6 is 7.82 Å². The summed E-state index contributed by atoms with van der Waals surface area (Å²) in [4.78, 5) is 35.9. The molecule has 0 spiro atoms. The molecular weight excluding hydrogens is 1130 g/mol. The number of hydrogen-bond donors (Lipinski definition) is 1. The third kappa shape index (κ3) is 72.7. The van der Waals surface area contributed by atoms with Crippen molar-refractivity contribution in [3.05, 3.63) is 158 Å². The van der Waals surface area contributed by atoms with E-state index in [1.807, 2.05) is 21.1 Å². The van der Waals surface area contributed by atoms with Crippen LogP contribution in [-0.2, 0) is 32.7 Å². The summed E-state index contributed by atoms with van der Waals surface area (Å²) in [7, 11) is 1.46. The van der Waals surface area contributed by atoms with Crippen LogP contribution in [0.4, 0.5) is 0 Å². The molecule has 2 unspecified atom stereocenters. The number of nitrogens with zero attached hydrogens (tertiary/aromatic N) is 1. The third-order valence-corrected chi connectivity index (χ3v) is 16.0. The predicted molar refractivity (Wildman–Crippen MR) is 390 cm³/mol. The first-order valence-corrected chi connectivity index (χ1v) is 37.7. The SMILES string of the molecule is CC/C=C\C/C=C\C/C=C\C/C=C\C/C=C\C/C=C\C/C=C\CCCCCCCCCCCCCCCC(=O)OC(COC(=O)CCCCCCCCCCCCCC/C=C\C/C=C\C/C=C\C/C=C\C/C=C\C/C=C\CC)COP(=O)(O)OCC[N+](C)(C)C. The first-order chi connectivity index (χ1) is 44.0. The molecule has 1 N–H and O–H groups in total. The van der Waals surface area contributed by atoms with Gasteiger partial charge in [-0.25, -0.2) is 4.57 Å². The maximum Gasteiger partial charge on any atom is 0.472 e. The molecule has 0 rings (SSSR count). The van der Waals surface area contributed by atoms with E-state index in [-0.39, 0.29) is 32.0 Å².